The third kappa shape index (κ3) is 3.46. The minimum absolute atomic E-state index is 0.828. The van der Waals surface area contributed by atoms with E-state index >= 15 is 0 Å². The number of H-pyrrole nitrogens is 1. The van der Waals surface area contributed by atoms with Crippen LogP contribution in [0.5, 0.6) is 0 Å². The number of benzene rings is 1. The summed E-state index contributed by atoms with van der Waals surface area (Å²) in [6, 6.07) is 14.3. The van der Waals surface area contributed by atoms with Gasteiger partial charge in [0.25, 0.3) is 0 Å². The van der Waals surface area contributed by atoms with E-state index in [1.807, 2.05) is 49.1 Å². The van der Waals surface area contributed by atoms with E-state index in [0.29, 0.717) is 0 Å². The molecule has 3 heterocycles. The smallest absolute Gasteiger partial charge is 0.138 e. The van der Waals surface area contributed by atoms with Gasteiger partial charge in [-0.3, -0.25) is 4.98 Å². The van der Waals surface area contributed by atoms with E-state index in [9.17, 15) is 0 Å². The van der Waals surface area contributed by atoms with Gasteiger partial charge in [0.15, 0.2) is 0 Å². The zero-order chi connectivity index (χ0) is 16.9. The minimum atomic E-state index is 0.828. The Balaban J connectivity index is 1.66. The Hall–Kier alpha value is -2.93. The van der Waals surface area contributed by atoms with Crippen molar-refractivity contribution in [3.63, 3.8) is 0 Å². The number of aromatic amines is 1. The van der Waals surface area contributed by atoms with Gasteiger partial charge in [0.2, 0.25) is 0 Å². The van der Waals surface area contributed by atoms with E-state index in [1.165, 1.54) is 0 Å². The van der Waals surface area contributed by atoms with Gasteiger partial charge in [-0.25, -0.2) is 4.98 Å². The lowest BCUT2D eigenvalue weighted by molar-refractivity contribution is 0.776. The highest BCUT2D eigenvalue weighted by Crippen LogP contribution is 2.31. The van der Waals surface area contributed by atoms with Gasteiger partial charge in [0.05, 0.1) is 23.9 Å². The maximum Gasteiger partial charge on any atom is 0.138 e. The largest absolute Gasteiger partial charge is 0.329 e. The Bertz CT molecular complexity index is 919. The van der Waals surface area contributed by atoms with Crippen molar-refractivity contribution in [2.45, 2.75) is 11.6 Å². The van der Waals surface area contributed by atoms with Crippen LogP contribution in [-0.4, -0.2) is 35.7 Å². The van der Waals surface area contributed by atoms with Crippen molar-refractivity contribution in [1.82, 2.24) is 29.9 Å². The summed E-state index contributed by atoms with van der Waals surface area (Å²) in [7, 11) is 0. The highest BCUT2D eigenvalue weighted by Gasteiger charge is 2.14. The van der Waals surface area contributed by atoms with Gasteiger partial charge >= 0.3 is 0 Å². The molecule has 0 atom stereocenters. The van der Waals surface area contributed by atoms with Crippen molar-refractivity contribution >= 4 is 11.8 Å². The van der Waals surface area contributed by atoms with Crippen LogP contribution in [0, 0.1) is 0 Å². The standard InChI is InChI=1S/C18H16N6S/c1-2-4-14(5-3-1)17-18(15-6-8-19-9-7-15)24(13-20-17)10-11-25-16-12-21-23-22-16/h1-9,12-13H,10-11H2,(H,21,22,23). The topological polar surface area (TPSA) is 72.3 Å². The van der Waals surface area contributed by atoms with Gasteiger partial charge in [0, 0.05) is 35.8 Å². The molecule has 0 amide bonds. The zero-order valence-corrected chi connectivity index (χ0v) is 14.2. The highest BCUT2D eigenvalue weighted by molar-refractivity contribution is 7.99. The highest BCUT2D eigenvalue weighted by atomic mass is 32.2. The average Bonchev–Trinajstić information content (AvgIpc) is 3.33. The van der Waals surface area contributed by atoms with Crippen molar-refractivity contribution in [2.24, 2.45) is 0 Å². The number of pyridine rings is 1. The van der Waals surface area contributed by atoms with Crippen molar-refractivity contribution in [1.29, 1.82) is 0 Å². The fourth-order valence-electron chi connectivity index (χ4n) is 2.68. The predicted octanol–water partition coefficient (Wildman–Crippen LogP) is 3.52. The zero-order valence-electron chi connectivity index (χ0n) is 13.4. The van der Waals surface area contributed by atoms with E-state index in [2.05, 4.69) is 42.1 Å². The number of hydrogen-bond acceptors (Lipinski definition) is 5. The molecule has 0 aliphatic heterocycles. The van der Waals surface area contributed by atoms with Crippen LogP contribution in [0.1, 0.15) is 0 Å². The first-order valence-electron chi connectivity index (χ1n) is 7.91. The lowest BCUT2D eigenvalue weighted by atomic mass is 10.1. The molecule has 0 aliphatic rings. The molecule has 124 valence electrons. The average molecular weight is 348 g/mol. The van der Waals surface area contributed by atoms with Gasteiger partial charge in [-0.05, 0) is 12.1 Å². The molecule has 1 aromatic carbocycles. The monoisotopic (exact) mass is 348 g/mol. The second-order valence-corrected chi connectivity index (χ2v) is 6.51. The molecule has 0 aliphatic carbocycles. The SMILES string of the molecule is c1ccc(-c2ncn(CCSc3cn[nH]n3)c2-c2ccncc2)cc1. The lowest BCUT2D eigenvalue weighted by Crippen LogP contribution is -2.02. The number of thioether (sulfide) groups is 1. The molecule has 3 aromatic heterocycles. The molecule has 0 bridgehead atoms. The molecule has 7 heteroatoms. The van der Waals surface area contributed by atoms with Crippen LogP contribution in [0.25, 0.3) is 22.5 Å². The summed E-state index contributed by atoms with van der Waals surface area (Å²) in [6.07, 6.45) is 7.26. The van der Waals surface area contributed by atoms with Crippen molar-refractivity contribution < 1.29 is 0 Å². The third-order valence-corrected chi connectivity index (χ3v) is 4.69. The summed E-state index contributed by atoms with van der Waals surface area (Å²) in [5, 5.41) is 11.4. The summed E-state index contributed by atoms with van der Waals surface area (Å²) in [5.41, 5.74) is 4.31. The number of aromatic nitrogens is 6. The van der Waals surface area contributed by atoms with E-state index in [1.54, 1.807) is 18.0 Å². The van der Waals surface area contributed by atoms with Crippen molar-refractivity contribution in [3.8, 4) is 22.5 Å². The second kappa shape index (κ2) is 7.31. The van der Waals surface area contributed by atoms with Crippen LogP contribution < -0.4 is 0 Å². The van der Waals surface area contributed by atoms with E-state index in [-0.39, 0.29) is 0 Å². The Labute approximate surface area is 149 Å². The number of aryl methyl sites for hydroxylation is 1. The first-order chi connectivity index (χ1) is 12.4. The summed E-state index contributed by atoms with van der Waals surface area (Å²) in [5.74, 6) is 0.884. The van der Waals surface area contributed by atoms with Gasteiger partial charge in [-0.15, -0.1) is 16.9 Å². The minimum Gasteiger partial charge on any atom is -0.329 e. The molecular formula is C18H16N6S. The Morgan fingerprint density at radius 1 is 1.00 bits per heavy atom. The van der Waals surface area contributed by atoms with E-state index in [4.69, 9.17) is 0 Å². The maximum atomic E-state index is 4.68. The van der Waals surface area contributed by atoms with Crippen LogP contribution in [0.3, 0.4) is 0 Å². The fraction of sp³-hybridized carbons (Fsp3) is 0.111. The second-order valence-electron chi connectivity index (χ2n) is 5.39. The molecule has 6 nitrogen and oxygen atoms in total. The van der Waals surface area contributed by atoms with Crippen LogP contribution in [0.15, 0.2) is 72.4 Å². The fourth-order valence-corrected chi connectivity index (χ4v) is 3.41. The van der Waals surface area contributed by atoms with Gasteiger partial charge in [0.1, 0.15) is 5.03 Å². The summed E-state index contributed by atoms with van der Waals surface area (Å²) in [6.45, 7) is 0.828. The number of imidazole rings is 1. The summed E-state index contributed by atoms with van der Waals surface area (Å²) in [4.78, 5) is 8.81. The number of nitrogens with zero attached hydrogens (tertiary/aromatic N) is 5. The molecule has 0 fully saturated rings. The van der Waals surface area contributed by atoms with Crippen LogP contribution in [0.4, 0.5) is 0 Å². The van der Waals surface area contributed by atoms with Gasteiger partial charge in [-0.2, -0.15) is 10.3 Å². The molecule has 0 spiro atoms. The van der Waals surface area contributed by atoms with E-state index < -0.39 is 0 Å². The Morgan fingerprint density at radius 2 is 1.84 bits per heavy atom. The van der Waals surface area contributed by atoms with Crippen LogP contribution >= 0.6 is 11.8 Å². The summed E-state index contributed by atoms with van der Waals surface area (Å²) >= 11 is 1.67. The molecule has 0 saturated heterocycles. The van der Waals surface area contributed by atoms with Crippen molar-refractivity contribution in [2.75, 3.05) is 5.75 Å². The Kier molecular flexibility index (Phi) is 4.56. The summed E-state index contributed by atoms with van der Waals surface area (Å²) < 4.78 is 2.19. The number of rotatable bonds is 6. The van der Waals surface area contributed by atoms with Crippen molar-refractivity contribution in [3.05, 3.63) is 67.4 Å². The van der Waals surface area contributed by atoms with Crippen LogP contribution in [0.2, 0.25) is 0 Å². The maximum absolute atomic E-state index is 4.68. The van der Waals surface area contributed by atoms with Gasteiger partial charge in [-0.1, -0.05) is 30.3 Å². The molecule has 25 heavy (non-hydrogen) atoms. The molecule has 0 unspecified atom stereocenters. The molecule has 4 aromatic rings. The first kappa shape index (κ1) is 15.6. The molecular weight excluding hydrogens is 332 g/mol. The quantitative estimate of drug-likeness (QED) is 0.540. The normalized spacial score (nSPS) is 10.9. The molecule has 1 N–H and O–H groups in total. The van der Waals surface area contributed by atoms with Crippen LogP contribution in [-0.2, 0) is 6.54 Å². The molecule has 4 rings (SSSR count). The third-order valence-electron chi connectivity index (χ3n) is 3.81. The molecule has 0 saturated carbocycles. The van der Waals surface area contributed by atoms with Gasteiger partial charge < -0.3 is 4.57 Å². The lowest BCUT2D eigenvalue weighted by Gasteiger charge is -2.10. The number of nitrogens with one attached hydrogen (secondary N) is 1. The predicted molar refractivity (Wildman–Crippen MR) is 98.0 cm³/mol. The molecule has 0 radical (unpaired) electrons. The number of hydrogen-bond donors (Lipinski definition) is 1. The first-order valence-corrected chi connectivity index (χ1v) is 8.90. The Morgan fingerprint density at radius 3 is 2.60 bits per heavy atom. The van der Waals surface area contributed by atoms with E-state index in [0.717, 1.165) is 39.8 Å².